The highest BCUT2D eigenvalue weighted by Crippen LogP contribution is 2.27. The first-order valence-electron chi connectivity index (χ1n) is 6.40. The normalized spacial score (nSPS) is 12.4. The molecule has 0 aliphatic heterocycles. The molecule has 0 bridgehead atoms. The zero-order valence-electron chi connectivity index (χ0n) is 11.1. The van der Waals surface area contributed by atoms with Crippen LogP contribution < -0.4 is 10.5 Å². The third kappa shape index (κ3) is 5.38. The summed E-state index contributed by atoms with van der Waals surface area (Å²) in [4.78, 5) is 0. The van der Waals surface area contributed by atoms with Gasteiger partial charge in [0.1, 0.15) is 12.4 Å². The van der Waals surface area contributed by atoms with Crippen LogP contribution in [-0.2, 0) is 4.74 Å². The van der Waals surface area contributed by atoms with Crippen molar-refractivity contribution in [3.05, 3.63) is 28.2 Å². The van der Waals surface area contributed by atoms with Crippen LogP contribution in [0.1, 0.15) is 38.3 Å². The van der Waals surface area contributed by atoms with Gasteiger partial charge in [0.2, 0.25) is 0 Å². The molecule has 0 aliphatic carbocycles. The zero-order chi connectivity index (χ0) is 13.4. The predicted molar refractivity (Wildman–Crippen MR) is 78.0 cm³/mol. The highest BCUT2D eigenvalue weighted by atomic mass is 79.9. The van der Waals surface area contributed by atoms with Crippen LogP contribution in [0.4, 0.5) is 0 Å². The number of unbranched alkanes of at least 4 members (excludes halogenated alkanes) is 1. The number of benzene rings is 1. The van der Waals surface area contributed by atoms with Gasteiger partial charge in [-0.3, -0.25) is 0 Å². The van der Waals surface area contributed by atoms with Gasteiger partial charge in [-0.15, -0.1) is 0 Å². The molecule has 0 aromatic heterocycles. The zero-order valence-corrected chi connectivity index (χ0v) is 12.7. The summed E-state index contributed by atoms with van der Waals surface area (Å²) in [7, 11) is 0. The van der Waals surface area contributed by atoms with Crippen LogP contribution in [0.15, 0.2) is 22.7 Å². The fourth-order valence-electron chi connectivity index (χ4n) is 1.48. The van der Waals surface area contributed by atoms with Gasteiger partial charge in [-0.05, 0) is 47.0 Å². The average molecular weight is 316 g/mol. The molecule has 18 heavy (non-hydrogen) atoms. The number of hydrogen-bond donors (Lipinski definition) is 1. The molecule has 0 radical (unpaired) electrons. The second-order valence-electron chi connectivity index (χ2n) is 4.29. The molecule has 1 aromatic carbocycles. The van der Waals surface area contributed by atoms with Crippen molar-refractivity contribution in [1.82, 2.24) is 0 Å². The molecule has 0 aliphatic rings. The molecule has 1 aromatic rings. The quantitative estimate of drug-likeness (QED) is 0.744. The molecule has 102 valence electrons. The Balaban J connectivity index is 2.34. The Morgan fingerprint density at radius 3 is 2.67 bits per heavy atom. The third-order valence-electron chi connectivity index (χ3n) is 2.61. The smallest absolute Gasteiger partial charge is 0.133 e. The fraction of sp³-hybridized carbons (Fsp3) is 0.571. The maximum absolute atomic E-state index is 5.82. The van der Waals surface area contributed by atoms with Crippen molar-refractivity contribution in [3.8, 4) is 5.75 Å². The van der Waals surface area contributed by atoms with Crippen molar-refractivity contribution >= 4 is 15.9 Å². The number of halogens is 1. The highest BCUT2D eigenvalue weighted by molar-refractivity contribution is 9.10. The van der Waals surface area contributed by atoms with Gasteiger partial charge in [0, 0.05) is 12.6 Å². The van der Waals surface area contributed by atoms with E-state index in [1.54, 1.807) is 0 Å². The van der Waals surface area contributed by atoms with Crippen molar-refractivity contribution in [2.75, 3.05) is 19.8 Å². The minimum atomic E-state index is 0.0349. The van der Waals surface area contributed by atoms with Crippen molar-refractivity contribution < 1.29 is 9.47 Å². The highest BCUT2D eigenvalue weighted by Gasteiger charge is 2.05. The largest absolute Gasteiger partial charge is 0.490 e. The Morgan fingerprint density at radius 2 is 2.06 bits per heavy atom. The summed E-state index contributed by atoms with van der Waals surface area (Å²) in [6, 6.07) is 5.96. The molecule has 0 fully saturated rings. The molecule has 0 heterocycles. The van der Waals surface area contributed by atoms with Crippen LogP contribution in [-0.4, -0.2) is 19.8 Å². The van der Waals surface area contributed by atoms with Crippen LogP contribution in [0.3, 0.4) is 0 Å². The standard InChI is InChI=1S/C14H22BrNO2/c1-3-4-7-17-8-9-18-14-6-5-12(11(2)16)10-13(14)15/h5-6,10-11H,3-4,7-9,16H2,1-2H3/t11-/m1/s1. The van der Waals surface area contributed by atoms with E-state index in [0.29, 0.717) is 13.2 Å². The van der Waals surface area contributed by atoms with Crippen molar-refractivity contribution in [2.24, 2.45) is 5.73 Å². The lowest BCUT2D eigenvalue weighted by molar-refractivity contribution is 0.0978. The van der Waals surface area contributed by atoms with Gasteiger partial charge >= 0.3 is 0 Å². The number of hydrogen-bond acceptors (Lipinski definition) is 3. The van der Waals surface area contributed by atoms with Gasteiger partial charge < -0.3 is 15.2 Å². The van der Waals surface area contributed by atoms with E-state index in [9.17, 15) is 0 Å². The number of nitrogens with two attached hydrogens (primary N) is 1. The maximum atomic E-state index is 5.82. The average Bonchev–Trinajstić information content (AvgIpc) is 2.35. The summed E-state index contributed by atoms with van der Waals surface area (Å²) >= 11 is 3.49. The first-order chi connectivity index (χ1) is 8.65. The second kappa shape index (κ2) is 8.51. The van der Waals surface area contributed by atoms with E-state index in [4.69, 9.17) is 15.2 Å². The minimum absolute atomic E-state index is 0.0349. The van der Waals surface area contributed by atoms with Crippen molar-refractivity contribution in [2.45, 2.75) is 32.7 Å². The van der Waals surface area contributed by atoms with Crippen LogP contribution >= 0.6 is 15.9 Å². The Kier molecular flexibility index (Phi) is 7.32. The summed E-state index contributed by atoms with van der Waals surface area (Å²) in [6.07, 6.45) is 2.26. The van der Waals surface area contributed by atoms with Crippen molar-refractivity contribution in [1.29, 1.82) is 0 Å². The van der Waals surface area contributed by atoms with Gasteiger partial charge in [0.25, 0.3) is 0 Å². The Labute approximate surface area is 118 Å². The van der Waals surface area contributed by atoms with E-state index in [1.165, 1.54) is 0 Å². The van der Waals surface area contributed by atoms with Gasteiger partial charge in [-0.2, -0.15) is 0 Å². The minimum Gasteiger partial charge on any atom is -0.490 e. The molecule has 0 spiro atoms. The molecule has 3 nitrogen and oxygen atoms in total. The third-order valence-corrected chi connectivity index (χ3v) is 3.23. The summed E-state index contributed by atoms with van der Waals surface area (Å²) in [5, 5.41) is 0. The van der Waals surface area contributed by atoms with Gasteiger partial charge in [0.15, 0.2) is 0 Å². The van der Waals surface area contributed by atoms with E-state index in [2.05, 4.69) is 22.9 Å². The maximum Gasteiger partial charge on any atom is 0.133 e. The first kappa shape index (κ1) is 15.5. The Morgan fingerprint density at radius 1 is 1.28 bits per heavy atom. The van der Waals surface area contributed by atoms with Gasteiger partial charge in [0.05, 0.1) is 11.1 Å². The lowest BCUT2D eigenvalue weighted by atomic mass is 10.1. The summed E-state index contributed by atoms with van der Waals surface area (Å²) in [6.45, 7) is 6.12. The molecular formula is C14H22BrNO2. The Bertz CT molecular complexity index is 356. The lowest BCUT2D eigenvalue weighted by Gasteiger charge is -2.11. The van der Waals surface area contributed by atoms with Crippen molar-refractivity contribution in [3.63, 3.8) is 0 Å². The first-order valence-corrected chi connectivity index (χ1v) is 7.20. The van der Waals surface area contributed by atoms with Gasteiger partial charge in [-0.25, -0.2) is 0 Å². The monoisotopic (exact) mass is 315 g/mol. The molecule has 4 heteroatoms. The molecule has 0 amide bonds. The molecule has 1 rings (SSSR count). The van der Waals surface area contributed by atoms with Gasteiger partial charge in [-0.1, -0.05) is 19.4 Å². The summed E-state index contributed by atoms with van der Waals surface area (Å²) in [5.41, 5.74) is 6.91. The number of rotatable bonds is 8. The molecule has 2 N–H and O–H groups in total. The molecule has 0 unspecified atom stereocenters. The second-order valence-corrected chi connectivity index (χ2v) is 5.15. The SMILES string of the molecule is CCCCOCCOc1ccc([C@@H](C)N)cc1Br. The van der Waals surface area contributed by atoms with Crippen LogP contribution in [0.2, 0.25) is 0 Å². The molecule has 0 saturated carbocycles. The number of ether oxygens (including phenoxy) is 2. The summed E-state index contributed by atoms with van der Waals surface area (Å²) in [5.74, 6) is 0.832. The predicted octanol–water partition coefficient (Wildman–Crippen LogP) is 3.66. The van der Waals surface area contributed by atoms with E-state index in [-0.39, 0.29) is 6.04 Å². The van der Waals surface area contributed by atoms with E-state index in [0.717, 1.165) is 35.2 Å². The van der Waals surface area contributed by atoms with E-state index < -0.39 is 0 Å². The van der Waals surface area contributed by atoms with E-state index >= 15 is 0 Å². The van der Waals surface area contributed by atoms with E-state index in [1.807, 2.05) is 25.1 Å². The van der Waals surface area contributed by atoms with Crippen LogP contribution in [0, 0.1) is 0 Å². The fourth-order valence-corrected chi connectivity index (χ4v) is 1.99. The topological polar surface area (TPSA) is 44.5 Å². The Hall–Kier alpha value is -0.580. The van der Waals surface area contributed by atoms with Crippen LogP contribution in [0.5, 0.6) is 5.75 Å². The molecular weight excluding hydrogens is 294 g/mol. The summed E-state index contributed by atoms with van der Waals surface area (Å²) < 4.78 is 12.0. The molecule has 0 saturated heterocycles. The lowest BCUT2D eigenvalue weighted by Crippen LogP contribution is -2.08. The molecule has 1 atom stereocenters. The van der Waals surface area contributed by atoms with Crippen LogP contribution in [0.25, 0.3) is 0 Å².